The molecule has 0 fully saturated rings. The molecule has 0 amide bonds. The van der Waals surface area contributed by atoms with Crippen LogP contribution in [0, 0.1) is 17.9 Å². The number of fused-ring (bicyclic) bond motifs is 3. The van der Waals surface area contributed by atoms with Crippen molar-refractivity contribution in [2.24, 2.45) is 0 Å². The van der Waals surface area contributed by atoms with Crippen molar-refractivity contribution in [3.8, 4) is 33.6 Å². The number of thiophene rings is 1. The van der Waals surface area contributed by atoms with Gasteiger partial charge in [0.1, 0.15) is 5.82 Å². The number of pyridine rings is 2. The van der Waals surface area contributed by atoms with E-state index < -0.39 is 8.07 Å². The van der Waals surface area contributed by atoms with Crippen LogP contribution in [0.1, 0.15) is 0 Å². The minimum Gasteiger partial charge on any atom is -0.305 e. The molecule has 0 unspecified atom stereocenters. The van der Waals surface area contributed by atoms with Crippen molar-refractivity contribution < 1.29 is 24.5 Å². The van der Waals surface area contributed by atoms with Gasteiger partial charge in [0, 0.05) is 37.2 Å². The van der Waals surface area contributed by atoms with E-state index in [2.05, 4.69) is 78.1 Å². The van der Waals surface area contributed by atoms with E-state index in [0.717, 1.165) is 33.6 Å². The fourth-order valence-electron chi connectivity index (χ4n) is 4.81. The van der Waals surface area contributed by atoms with Gasteiger partial charge in [-0.2, -0.15) is 11.3 Å². The van der Waals surface area contributed by atoms with Crippen LogP contribution in [0.4, 0.5) is 4.39 Å². The van der Waals surface area contributed by atoms with E-state index in [9.17, 15) is 4.39 Å². The second-order valence-corrected chi connectivity index (χ2v) is 17.2. The van der Waals surface area contributed by atoms with Gasteiger partial charge < -0.3 is 9.97 Å². The normalized spacial score (nSPS) is 11.1. The molecule has 2 nitrogen and oxygen atoms in total. The quantitative estimate of drug-likeness (QED) is 0.132. The maximum absolute atomic E-state index is 13.2. The van der Waals surface area contributed by atoms with E-state index in [1.807, 2.05) is 73.1 Å². The molecule has 0 aliphatic rings. The number of benzene rings is 4. The van der Waals surface area contributed by atoms with Crippen molar-refractivity contribution in [3.63, 3.8) is 0 Å². The molecule has 6 heteroatoms. The van der Waals surface area contributed by atoms with Crippen LogP contribution in [0.5, 0.6) is 0 Å². The smallest absolute Gasteiger partial charge is 0.123 e. The molecule has 0 aliphatic heterocycles. The molecule has 1 radical (unpaired) electrons. The summed E-state index contributed by atoms with van der Waals surface area (Å²) in [5.74, 6) is -0.216. The summed E-state index contributed by atoms with van der Waals surface area (Å²) in [6.07, 6.45) is 3.82. The molecular weight excluding hydrogens is 744 g/mol. The fraction of sp³-hybridized carbons (Fsp3) is 0.0811. The van der Waals surface area contributed by atoms with Crippen LogP contribution in [-0.2, 0) is 20.1 Å². The number of nitrogens with zero attached hydrogens (tertiary/aromatic N) is 2. The summed E-state index contributed by atoms with van der Waals surface area (Å²) in [6.45, 7) is 7.00. The second-order valence-electron chi connectivity index (χ2n) is 11.1. The summed E-state index contributed by atoms with van der Waals surface area (Å²) in [4.78, 5) is 9.00. The number of hydrogen-bond acceptors (Lipinski definition) is 3. The van der Waals surface area contributed by atoms with E-state index in [4.69, 9.17) is 0 Å². The molecule has 0 aliphatic carbocycles. The van der Waals surface area contributed by atoms with Crippen LogP contribution >= 0.6 is 11.3 Å². The van der Waals surface area contributed by atoms with Gasteiger partial charge in [-0.3, -0.25) is 0 Å². The average molecular weight is 773 g/mol. The van der Waals surface area contributed by atoms with Gasteiger partial charge in [-0.05, 0) is 62.1 Å². The molecule has 4 aromatic carbocycles. The summed E-state index contributed by atoms with van der Waals surface area (Å²) in [6, 6.07) is 41.8. The Balaban J connectivity index is 0.000000188. The summed E-state index contributed by atoms with van der Waals surface area (Å²) in [5, 5.41) is 3.84. The van der Waals surface area contributed by atoms with Crippen LogP contribution in [-0.4, -0.2) is 18.0 Å². The standard InChI is InChI=1S/C23H13FNS.C14H16NSi.Ir/c24-17-10-7-15(8-11-17)16-9-12-18-19-4-3-5-20(21-6-1-2-13-25-21)23(19)26-22(18)14-16;1-16(2,3)13-9-10-14(15-11-13)12-7-5-4-6-8-12;/h1-4,6-14H;4-7,9-11H,1-3H3;/q2*-1;. The zero-order valence-corrected chi connectivity index (χ0v) is 28.3. The van der Waals surface area contributed by atoms with E-state index in [1.165, 1.54) is 37.5 Å². The monoisotopic (exact) mass is 773 g/mol. The molecule has 0 atom stereocenters. The Bertz CT molecular complexity index is 1950. The Morgan fingerprint density at radius 1 is 0.698 bits per heavy atom. The third kappa shape index (κ3) is 6.89. The van der Waals surface area contributed by atoms with Crippen LogP contribution in [0.2, 0.25) is 19.6 Å². The summed E-state index contributed by atoms with van der Waals surface area (Å²) in [5.41, 5.74) is 6.14. The first kappa shape index (κ1) is 30.6. The first-order valence-electron chi connectivity index (χ1n) is 13.8. The predicted molar refractivity (Wildman–Crippen MR) is 178 cm³/mol. The third-order valence-electron chi connectivity index (χ3n) is 7.15. The molecule has 0 spiro atoms. The molecule has 7 aromatic rings. The van der Waals surface area contributed by atoms with E-state index in [0.29, 0.717) is 0 Å². The van der Waals surface area contributed by atoms with Crippen LogP contribution in [0.25, 0.3) is 53.8 Å². The molecular formula is C37H29FIrN2SSi-2. The van der Waals surface area contributed by atoms with Gasteiger partial charge in [-0.15, -0.1) is 59.7 Å². The summed E-state index contributed by atoms with van der Waals surface area (Å²) < 4.78 is 15.6. The average Bonchev–Trinajstić information content (AvgIpc) is 3.40. The Hall–Kier alpha value is -3.80. The van der Waals surface area contributed by atoms with Crippen molar-refractivity contribution >= 4 is 44.8 Å². The maximum atomic E-state index is 13.2. The van der Waals surface area contributed by atoms with Gasteiger partial charge in [-0.25, -0.2) is 4.39 Å². The Kier molecular flexibility index (Phi) is 9.43. The predicted octanol–water partition coefficient (Wildman–Crippen LogP) is 9.81. The van der Waals surface area contributed by atoms with Crippen LogP contribution in [0.3, 0.4) is 0 Å². The van der Waals surface area contributed by atoms with Gasteiger partial charge in [0.15, 0.2) is 0 Å². The molecule has 0 saturated carbocycles. The van der Waals surface area contributed by atoms with Crippen LogP contribution in [0.15, 0.2) is 122 Å². The summed E-state index contributed by atoms with van der Waals surface area (Å²) >= 11 is 1.75. The topological polar surface area (TPSA) is 25.8 Å². The molecule has 0 N–H and O–H groups in total. The van der Waals surface area contributed by atoms with Crippen molar-refractivity contribution in [2.45, 2.75) is 19.6 Å². The van der Waals surface area contributed by atoms with E-state index >= 15 is 0 Å². The zero-order valence-electron chi connectivity index (χ0n) is 24.1. The minimum atomic E-state index is -1.23. The number of aromatic nitrogens is 2. The first-order valence-corrected chi connectivity index (χ1v) is 18.2. The van der Waals surface area contributed by atoms with Gasteiger partial charge in [0.05, 0.1) is 8.07 Å². The van der Waals surface area contributed by atoms with Gasteiger partial charge in [-0.1, -0.05) is 73.6 Å². The largest absolute Gasteiger partial charge is 0.305 e. The van der Waals surface area contributed by atoms with Crippen molar-refractivity contribution in [1.29, 1.82) is 0 Å². The fourth-order valence-corrected chi connectivity index (χ4v) is 7.10. The number of hydrogen-bond donors (Lipinski definition) is 0. The number of halogens is 1. The molecule has 215 valence electrons. The third-order valence-corrected chi connectivity index (χ3v) is 10.4. The molecule has 7 rings (SSSR count). The Morgan fingerprint density at radius 2 is 1.49 bits per heavy atom. The molecule has 3 aromatic heterocycles. The molecule has 0 saturated heterocycles. The zero-order chi connectivity index (χ0) is 29.1. The van der Waals surface area contributed by atoms with Crippen molar-refractivity contribution in [1.82, 2.24) is 9.97 Å². The SMILES string of the molecule is C[Si](C)(C)c1ccc(-c2[c-]cccc2)nc1.Fc1ccc(-c2ccc3c(c2)sc2c(-c4ccccn4)[c-]ccc23)cc1.[Ir]. The van der Waals surface area contributed by atoms with Gasteiger partial charge >= 0.3 is 0 Å². The maximum Gasteiger partial charge on any atom is 0.123 e. The van der Waals surface area contributed by atoms with Crippen molar-refractivity contribution in [3.05, 3.63) is 140 Å². The molecule has 43 heavy (non-hydrogen) atoms. The van der Waals surface area contributed by atoms with E-state index in [-0.39, 0.29) is 25.9 Å². The molecule has 3 heterocycles. The van der Waals surface area contributed by atoms with E-state index in [1.54, 1.807) is 11.3 Å². The minimum absolute atomic E-state index is 0. The van der Waals surface area contributed by atoms with Gasteiger partial charge in [0.2, 0.25) is 0 Å². The molecule has 0 bridgehead atoms. The van der Waals surface area contributed by atoms with Crippen LogP contribution < -0.4 is 5.19 Å². The Labute approximate surface area is 270 Å². The first-order chi connectivity index (χ1) is 20.4. The second kappa shape index (κ2) is 13.2. The van der Waals surface area contributed by atoms with Gasteiger partial charge in [0.25, 0.3) is 0 Å². The van der Waals surface area contributed by atoms with Crippen molar-refractivity contribution in [2.75, 3.05) is 0 Å². The summed E-state index contributed by atoms with van der Waals surface area (Å²) in [7, 11) is -1.23. The Morgan fingerprint density at radius 3 is 2.16 bits per heavy atom. The number of rotatable bonds is 4.